The first kappa shape index (κ1) is 15.8. The Bertz CT molecular complexity index is 602. The first-order valence-electron chi connectivity index (χ1n) is 6.57. The molecular weight excluding hydrogens is 311 g/mol. The van der Waals surface area contributed by atoms with Gasteiger partial charge in [-0.3, -0.25) is 4.79 Å². The summed E-state index contributed by atoms with van der Waals surface area (Å²) in [7, 11) is 0. The maximum absolute atomic E-state index is 12.0. The van der Waals surface area contributed by atoms with Crippen molar-refractivity contribution in [3.05, 3.63) is 39.4 Å². The van der Waals surface area contributed by atoms with Crippen molar-refractivity contribution in [3.8, 4) is 6.07 Å². The Morgan fingerprint density at radius 3 is 2.95 bits per heavy atom. The lowest BCUT2D eigenvalue weighted by molar-refractivity contribution is -0.117. The first-order chi connectivity index (χ1) is 10.1. The Hall–Kier alpha value is -1.54. The van der Waals surface area contributed by atoms with Gasteiger partial charge in [0.15, 0.2) is 0 Å². The van der Waals surface area contributed by atoms with Crippen molar-refractivity contribution < 1.29 is 9.53 Å². The highest BCUT2D eigenvalue weighted by molar-refractivity contribution is 6.35. The number of nitrogens with one attached hydrogen (secondary N) is 1. The molecule has 1 aromatic rings. The molecule has 4 nitrogen and oxygen atoms in total. The van der Waals surface area contributed by atoms with Crippen LogP contribution in [0.5, 0.6) is 0 Å². The third-order valence-electron chi connectivity index (χ3n) is 3.14. The lowest BCUT2D eigenvalue weighted by Gasteiger charge is -2.10. The number of halogens is 2. The molecule has 0 spiro atoms. The van der Waals surface area contributed by atoms with E-state index in [-0.39, 0.29) is 11.7 Å². The molecule has 1 aliphatic rings. The van der Waals surface area contributed by atoms with Gasteiger partial charge in [0.1, 0.15) is 11.6 Å². The van der Waals surface area contributed by atoms with Crippen molar-refractivity contribution in [2.45, 2.75) is 18.9 Å². The molecule has 1 aromatic carbocycles. The van der Waals surface area contributed by atoms with E-state index in [1.807, 2.05) is 6.07 Å². The predicted molar refractivity (Wildman–Crippen MR) is 82.0 cm³/mol. The molecular formula is C15H14Cl2N2O2. The van der Waals surface area contributed by atoms with Crippen molar-refractivity contribution in [1.82, 2.24) is 5.32 Å². The van der Waals surface area contributed by atoms with Crippen LogP contribution in [-0.2, 0) is 9.53 Å². The molecule has 2 rings (SSSR count). The minimum Gasteiger partial charge on any atom is -0.376 e. The number of carbonyl (C=O) groups excluding carboxylic acids is 1. The number of carbonyl (C=O) groups is 1. The van der Waals surface area contributed by atoms with Gasteiger partial charge in [0.25, 0.3) is 5.91 Å². The van der Waals surface area contributed by atoms with Gasteiger partial charge in [-0.05, 0) is 36.6 Å². The Balaban J connectivity index is 2.05. The Morgan fingerprint density at radius 2 is 2.33 bits per heavy atom. The van der Waals surface area contributed by atoms with Crippen LogP contribution in [0.4, 0.5) is 0 Å². The molecule has 0 radical (unpaired) electrons. The highest BCUT2D eigenvalue weighted by atomic mass is 35.5. The summed E-state index contributed by atoms with van der Waals surface area (Å²) in [5.74, 6) is -0.431. The van der Waals surface area contributed by atoms with Crippen molar-refractivity contribution in [2.24, 2.45) is 0 Å². The van der Waals surface area contributed by atoms with E-state index < -0.39 is 5.91 Å². The van der Waals surface area contributed by atoms with Crippen LogP contribution in [-0.4, -0.2) is 25.2 Å². The zero-order chi connectivity index (χ0) is 15.2. The fourth-order valence-corrected chi connectivity index (χ4v) is 2.49. The van der Waals surface area contributed by atoms with Crippen LogP contribution < -0.4 is 5.32 Å². The molecule has 1 amide bonds. The van der Waals surface area contributed by atoms with Crippen molar-refractivity contribution in [2.75, 3.05) is 13.2 Å². The minimum absolute atomic E-state index is 0.00257. The third-order valence-corrected chi connectivity index (χ3v) is 3.70. The highest BCUT2D eigenvalue weighted by Crippen LogP contribution is 2.23. The van der Waals surface area contributed by atoms with Gasteiger partial charge in [0.2, 0.25) is 0 Å². The van der Waals surface area contributed by atoms with Crippen LogP contribution in [0.15, 0.2) is 23.8 Å². The SMILES string of the molecule is N#C/C(=C\c1ccc(Cl)cc1Cl)C(=O)NC[C@H]1CCCO1. The summed E-state index contributed by atoms with van der Waals surface area (Å²) in [5.41, 5.74) is 0.571. The molecule has 21 heavy (non-hydrogen) atoms. The zero-order valence-electron chi connectivity index (χ0n) is 11.2. The summed E-state index contributed by atoms with van der Waals surface area (Å²) in [6.07, 6.45) is 3.41. The average molecular weight is 325 g/mol. The predicted octanol–water partition coefficient (Wildman–Crippen LogP) is 3.20. The van der Waals surface area contributed by atoms with E-state index >= 15 is 0 Å². The first-order valence-corrected chi connectivity index (χ1v) is 7.32. The molecule has 0 saturated carbocycles. The number of rotatable bonds is 4. The largest absolute Gasteiger partial charge is 0.376 e. The number of hydrogen-bond donors (Lipinski definition) is 1. The lowest BCUT2D eigenvalue weighted by Crippen LogP contribution is -2.32. The Kier molecular flexibility index (Phi) is 5.63. The summed E-state index contributed by atoms with van der Waals surface area (Å²) < 4.78 is 5.41. The summed E-state index contributed by atoms with van der Waals surface area (Å²) in [4.78, 5) is 12.0. The van der Waals surface area contributed by atoms with Gasteiger partial charge in [-0.15, -0.1) is 0 Å². The third kappa shape index (κ3) is 4.47. The zero-order valence-corrected chi connectivity index (χ0v) is 12.7. The van der Waals surface area contributed by atoms with Gasteiger partial charge in [-0.25, -0.2) is 0 Å². The monoisotopic (exact) mass is 324 g/mol. The minimum atomic E-state index is -0.431. The number of benzene rings is 1. The molecule has 1 fully saturated rings. The van der Waals surface area contributed by atoms with Crippen LogP contribution in [0.1, 0.15) is 18.4 Å². The number of hydrogen-bond acceptors (Lipinski definition) is 3. The van der Waals surface area contributed by atoms with Crippen LogP contribution in [0.3, 0.4) is 0 Å². The number of nitrogens with zero attached hydrogens (tertiary/aromatic N) is 1. The second-order valence-corrected chi connectivity index (χ2v) is 5.52. The fraction of sp³-hybridized carbons (Fsp3) is 0.333. The molecule has 0 bridgehead atoms. The van der Waals surface area contributed by atoms with E-state index in [0.29, 0.717) is 22.2 Å². The maximum Gasteiger partial charge on any atom is 0.262 e. The van der Waals surface area contributed by atoms with Crippen LogP contribution in [0.2, 0.25) is 10.0 Å². The summed E-state index contributed by atoms with van der Waals surface area (Å²) in [6.45, 7) is 1.13. The molecule has 1 atom stereocenters. The summed E-state index contributed by atoms with van der Waals surface area (Å²) in [6, 6.07) is 6.76. The smallest absolute Gasteiger partial charge is 0.262 e. The molecule has 0 unspecified atom stereocenters. The van der Waals surface area contributed by atoms with Crippen molar-refractivity contribution in [1.29, 1.82) is 5.26 Å². The second kappa shape index (κ2) is 7.46. The van der Waals surface area contributed by atoms with Gasteiger partial charge in [-0.1, -0.05) is 29.3 Å². The second-order valence-electron chi connectivity index (χ2n) is 4.68. The topological polar surface area (TPSA) is 62.1 Å². The van der Waals surface area contributed by atoms with Crippen molar-refractivity contribution >= 4 is 35.2 Å². The van der Waals surface area contributed by atoms with Crippen molar-refractivity contribution in [3.63, 3.8) is 0 Å². The lowest BCUT2D eigenvalue weighted by atomic mass is 10.1. The van der Waals surface area contributed by atoms with E-state index in [2.05, 4.69) is 5.32 Å². The normalized spacial score (nSPS) is 18.3. The van der Waals surface area contributed by atoms with E-state index in [0.717, 1.165) is 19.4 Å². The van der Waals surface area contributed by atoms with Crippen LogP contribution in [0.25, 0.3) is 6.08 Å². The molecule has 1 N–H and O–H groups in total. The number of ether oxygens (including phenoxy) is 1. The van der Waals surface area contributed by atoms with E-state index in [4.69, 9.17) is 33.2 Å². The molecule has 1 aliphatic heterocycles. The maximum atomic E-state index is 12.0. The number of amides is 1. The number of nitriles is 1. The van der Waals surface area contributed by atoms with Gasteiger partial charge in [-0.2, -0.15) is 5.26 Å². The van der Waals surface area contributed by atoms with Gasteiger partial charge < -0.3 is 10.1 Å². The van der Waals surface area contributed by atoms with E-state index in [1.165, 1.54) is 6.08 Å². The quantitative estimate of drug-likeness (QED) is 0.683. The molecule has 110 valence electrons. The summed E-state index contributed by atoms with van der Waals surface area (Å²) in [5, 5.41) is 12.7. The molecule has 6 heteroatoms. The fourth-order valence-electron chi connectivity index (χ4n) is 2.03. The van der Waals surface area contributed by atoms with E-state index in [1.54, 1.807) is 18.2 Å². The summed E-state index contributed by atoms with van der Waals surface area (Å²) >= 11 is 11.8. The van der Waals surface area contributed by atoms with Gasteiger partial charge >= 0.3 is 0 Å². The molecule has 0 aliphatic carbocycles. The van der Waals surface area contributed by atoms with Crippen LogP contribution >= 0.6 is 23.2 Å². The van der Waals surface area contributed by atoms with Gasteiger partial charge in [0.05, 0.1) is 6.10 Å². The molecule has 1 saturated heterocycles. The Labute approximate surface area is 133 Å². The van der Waals surface area contributed by atoms with Gasteiger partial charge in [0, 0.05) is 23.2 Å². The average Bonchev–Trinajstić information content (AvgIpc) is 2.97. The molecule has 0 aromatic heterocycles. The molecule has 1 heterocycles. The van der Waals surface area contributed by atoms with Crippen LogP contribution in [0, 0.1) is 11.3 Å². The van der Waals surface area contributed by atoms with E-state index in [9.17, 15) is 4.79 Å². The Morgan fingerprint density at radius 1 is 1.52 bits per heavy atom. The standard InChI is InChI=1S/C15H14Cl2N2O2/c16-12-4-3-10(14(17)7-12)6-11(8-18)15(20)19-9-13-2-1-5-21-13/h3-4,6-7,13H,1-2,5,9H2,(H,19,20)/b11-6+/t13-/m1/s1. The highest BCUT2D eigenvalue weighted by Gasteiger charge is 2.17.